The lowest BCUT2D eigenvalue weighted by Crippen LogP contribution is -2.29. The summed E-state index contributed by atoms with van der Waals surface area (Å²) in [7, 11) is 3.97. The predicted octanol–water partition coefficient (Wildman–Crippen LogP) is 4.11. The molecule has 0 atom stereocenters. The number of nitrogens with zero attached hydrogens (tertiary/aromatic N) is 5. The largest absolute Gasteiger partial charge is 0.348 e. The molecular formula is C26H41N7. The van der Waals surface area contributed by atoms with Gasteiger partial charge in [0.25, 0.3) is 0 Å². The Morgan fingerprint density at radius 1 is 1.00 bits per heavy atom. The predicted molar refractivity (Wildman–Crippen MR) is 134 cm³/mol. The van der Waals surface area contributed by atoms with Crippen molar-refractivity contribution in [2.75, 3.05) is 20.1 Å². The van der Waals surface area contributed by atoms with E-state index < -0.39 is 0 Å². The van der Waals surface area contributed by atoms with Crippen LogP contribution in [0.2, 0.25) is 0 Å². The lowest BCUT2D eigenvalue weighted by Gasteiger charge is -2.25. The molecule has 0 unspecified atom stereocenters. The monoisotopic (exact) mass is 451 g/mol. The number of pyridine rings is 1. The third-order valence-electron chi connectivity index (χ3n) is 6.52. The maximum absolute atomic E-state index is 4.40. The summed E-state index contributed by atoms with van der Waals surface area (Å²) in [6.07, 6.45) is 14.8. The van der Waals surface area contributed by atoms with Crippen LogP contribution in [0.5, 0.6) is 0 Å². The van der Waals surface area contributed by atoms with Gasteiger partial charge in [0, 0.05) is 37.0 Å². The van der Waals surface area contributed by atoms with Gasteiger partial charge < -0.3 is 14.9 Å². The molecule has 0 radical (unpaired) electrons. The first-order valence-electron chi connectivity index (χ1n) is 12.3. The van der Waals surface area contributed by atoms with Crippen molar-refractivity contribution in [1.29, 1.82) is 0 Å². The Labute approximate surface area is 199 Å². The number of rotatable bonds is 4. The molecule has 2 N–H and O–H groups in total. The van der Waals surface area contributed by atoms with Crippen molar-refractivity contribution < 1.29 is 0 Å². The molecule has 1 aliphatic carbocycles. The van der Waals surface area contributed by atoms with Gasteiger partial charge in [-0.05, 0) is 84.1 Å². The zero-order valence-electron chi connectivity index (χ0n) is 20.9. The Bertz CT molecular complexity index is 915. The number of hydrogen-bond donors (Lipinski definition) is 2. The molecule has 1 fully saturated rings. The maximum atomic E-state index is 4.40. The summed E-state index contributed by atoms with van der Waals surface area (Å²) in [6, 6.07) is 4.23. The van der Waals surface area contributed by atoms with Crippen LogP contribution in [-0.4, -0.2) is 49.5 Å². The SMILES string of the molecule is CNCc1nc(C)c(C)n1C.c1c[nH]c(CN2CCCCC2)n1.c1cnc2c(c1)CCCC2. The Balaban J connectivity index is 0.000000140. The number of fused-ring (bicyclic) bond motifs is 1. The van der Waals surface area contributed by atoms with Crippen molar-refractivity contribution >= 4 is 0 Å². The molecular weight excluding hydrogens is 410 g/mol. The van der Waals surface area contributed by atoms with E-state index in [1.807, 2.05) is 45.7 Å². The number of aromatic nitrogens is 5. The molecule has 33 heavy (non-hydrogen) atoms. The minimum Gasteiger partial charge on any atom is -0.348 e. The van der Waals surface area contributed by atoms with Gasteiger partial charge in [-0.15, -0.1) is 0 Å². The summed E-state index contributed by atoms with van der Waals surface area (Å²) < 4.78 is 2.12. The molecule has 0 spiro atoms. The molecule has 0 saturated carbocycles. The number of aryl methyl sites for hydroxylation is 3. The van der Waals surface area contributed by atoms with E-state index in [-0.39, 0.29) is 0 Å². The van der Waals surface area contributed by atoms with Crippen LogP contribution in [-0.2, 0) is 33.0 Å². The van der Waals surface area contributed by atoms with E-state index in [0.717, 1.165) is 30.4 Å². The molecule has 7 heteroatoms. The molecule has 180 valence electrons. The van der Waals surface area contributed by atoms with Crippen molar-refractivity contribution in [3.05, 3.63) is 65.0 Å². The van der Waals surface area contributed by atoms with Crippen LogP contribution in [0.3, 0.4) is 0 Å². The van der Waals surface area contributed by atoms with Gasteiger partial charge >= 0.3 is 0 Å². The number of nitrogens with one attached hydrogen (secondary N) is 2. The smallest absolute Gasteiger partial charge is 0.122 e. The van der Waals surface area contributed by atoms with Gasteiger partial charge in [0.15, 0.2) is 0 Å². The number of hydrogen-bond acceptors (Lipinski definition) is 5. The lowest BCUT2D eigenvalue weighted by molar-refractivity contribution is 0.216. The van der Waals surface area contributed by atoms with Crippen LogP contribution >= 0.6 is 0 Å². The van der Waals surface area contributed by atoms with E-state index in [1.54, 1.807) is 0 Å². The van der Waals surface area contributed by atoms with E-state index in [0.29, 0.717) is 0 Å². The van der Waals surface area contributed by atoms with Gasteiger partial charge in [-0.2, -0.15) is 0 Å². The van der Waals surface area contributed by atoms with Crippen LogP contribution in [0.25, 0.3) is 0 Å². The quantitative estimate of drug-likeness (QED) is 0.624. The minimum atomic E-state index is 0.838. The highest BCUT2D eigenvalue weighted by Gasteiger charge is 2.11. The van der Waals surface area contributed by atoms with Gasteiger partial charge in [-0.1, -0.05) is 12.5 Å². The highest BCUT2D eigenvalue weighted by Crippen LogP contribution is 2.17. The number of piperidine rings is 1. The van der Waals surface area contributed by atoms with Crippen LogP contribution in [0.1, 0.15) is 66.4 Å². The summed E-state index contributed by atoms with van der Waals surface area (Å²) in [5, 5.41) is 3.08. The van der Waals surface area contributed by atoms with Crippen molar-refractivity contribution in [2.24, 2.45) is 7.05 Å². The summed E-state index contributed by atoms with van der Waals surface area (Å²) in [4.78, 5) is 18.5. The van der Waals surface area contributed by atoms with Gasteiger partial charge in [-0.25, -0.2) is 9.97 Å². The molecule has 5 rings (SSSR count). The van der Waals surface area contributed by atoms with E-state index in [1.165, 1.54) is 75.0 Å². The topological polar surface area (TPSA) is 74.7 Å². The number of H-pyrrole nitrogens is 1. The average molecular weight is 452 g/mol. The second-order valence-corrected chi connectivity index (χ2v) is 8.98. The number of imidazole rings is 2. The number of aromatic amines is 1. The molecule has 3 aromatic heterocycles. The van der Waals surface area contributed by atoms with Gasteiger partial charge in [-0.3, -0.25) is 9.88 Å². The fourth-order valence-corrected chi connectivity index (χ4v) is 4.35. The van der Waals surface area contributed by atoms with Gasteiger partial charge in [0.2, 0.25) is 0 Å². The molecule has 0 amide bonds. The molecule has 7 nitrogen and oxygen atoms in total. The Morgan fingerprint density at radius 2 is 1.79 bits per heavy atom. The first-order valence-corrected chi connectivity index (χ1v) is 12.3. The van der Waals surface area contributed by atoms with Crippen molar-refractivity contribution in [3.63, 3.8) is 0 Å². The highest BCUT2D eigenvalue weighted by atomic mass is 15.1. The third-order valence-corrected chi connectivity index (χ3v) is 6.52. The minimum absolute atomic E-state index is 0.838. The standard InChI is InChI=1S/C9H15N3.C9H11N.C8H15N3/c1-2-6-12(7-3-1)8-9-10-4-5-11-9;1-2-6-9-8(4-1)5-3-7-10-9;1-6-7(2)11(4)8(10-6)5-9-3/h4-5H,1-3,6-8H2,(H,10,11);3,5,7H,1-2,4,6H2;9H,5H2,1-4H3. The second kappa shape index (κ2) is 13.3. The first kappa shape index (κ1) is 25.1. The zero-order valence-corrected chi connectivity index (χ0v) is 20.9. The van der Waals surface area contributed by atoms with E-state index >= 15 is 0 Å². The van der Waals surface area contributed by atoms with E-state index in [4.69, 9.17) is 0 Å². The maximum Gasteiger partial charge on any atom is 0.122 e. The van der Waals surface area contributed by atoms with Crippen LogP contribution in [0.4, 0.5) is 0 Å². The number of likely N-dealkylation sites (tertiary alicyclic amines) is 1. The fourth-order valence-electron chi connectivity index (χ4n) is 4.35. The Morgan fingerprint density at radius 3 is 2.42 bits per heavy atom. The molecule has 4 heterocycles. The van der Waals surface area contributed by atoms with Gasteiger partial charge in [0.1, 0.15) is 11.6 Å². The molecule has 0 aromatic carbocycles. The lowest BCUT2D eigenvalue weighted by atomic mass is 9.96. The molecule has 0 bridgehead atoms. The molecule has 3 aromatic rings. The molecule has 1 aliphatic heterocycles. The molecule has 1 saturated heterocycles. The summed E-state index contributed by atoms with van der Waals surface area (Å²) in [6.45, 7) is 8.43. The second-order valence-electron chi connectivity index (χ2n) is 8.98. The highest BCUT2D eigenvalue weighted by molar-refractivity contribution is 5.21. The Kier molecular flexibility index (Phi) is 10.1. The Hall–Kier alpha value is -2.51. The van der Waals surface area contributed by atoms with Gasteiger partial charge in [0.05, 0.1) is 18.8 Å². The first-order chi connectivity index (χ1) is 16.1. The van der Waals surface area contributed by atoms with Crippen molar-refractivity contribution in [3.8, 4) is 0 Å². The van der Waals surface area contributed by atoms with Crippen molar-refractivity contribution in [2.45, 2.75) is 71.9 Å². The summed E-state index contributed by atoms with van der Waals surface area (Å²) in [5.74, 6) is 2.19. The van der Waals surface area contributed by atoms with E-state index in [9.17, 15) is 0 Å². The molecule has 2 aliphatic rings. The van der Waals surface area contributed by atoms with Crippen LogP contribution in [0, 0.1) is 13.8 Å². The summed E-state index contributed by atoms with van der Waals surface area (Å²) >= 11 is 0. The summed E-state index contributed by atoms with van der Waals surface area (Å²) in [5.41, 5.74) is 5.16. The third kappa shape index (κ3) is 7.79. The van der Waals surface area contributed by atoms with Crippen LogP contribution in [0.15, 0.2) is 30.7 Å². The van der Waals surface area contributed by atoms with Crippen LogP contribution < -0.4 is 5.32 Å². The average Bonchev–Trinajstić information content (AvgIpc) is 3.45. The fraction of sp³-hybridized carbons (Fsp3) is 0.577. The normalized spacial score (nSPS) is 15.6. The van der Waals surface area contributed by atoms with Crippen molar-refractivity contribution in [1.82, 2.24) is 34.7 Å². The zero-order chi connectivity index (χ0) is 23.5. The van der Waals surface area contributed by atoms with E-state index in [2.05, 4.69) is 47.7 Å².